The van der Waals surface area contributed by atoms with E-state index < -0.39 is 8.07 Å². The average molecular weight is 242 g/mol. The quantitative estimate of drug-likeness (QED) is 0.569. The molecule has 1 heterocycles. The van der Waals surface area contributed by atoms with Gasteiger partial charge in [-0.15, -0.1) is 0 Å². The van der Waals surface area contributed by atoms with Crippen LogP contribution in [0.4, 0.5) is 0 Å². The van der Waals surface area contributed by atoms with E-state index in [1.165, 1.54) is 16.3 Å². The Morgan fingerprint density at radius 1 is 0.941 bits per heavy atom. The van der Waals surface area contributed by atoms with Gasteiger partial charge in [-0.05, 0) is 16.3 Å². The van der Waals surface area contributed by atoms with Gasteiger partial charge in [-0.2, -0.15) is 0 Å². The SMILES string of the molecule is C[Si](C)(C)[C@H]1O[C@H]1c1cccc2ccccc12. The van der Waals surface area contributed by atoms with Crippen LogP contribution in [-0.2, 0) is 4.74 Å². The van der Waals surface area contributed by atoms with Crippen molar-refractivity contribution in [2.45, 2.75) is 31.5 Å². The largest absolute Gasteiger partial charge is 0.368 e. The van der Waals surface area contributed by atoms with Crippen molar-refractivity contribution in [3.05, 3.63) is 48.0 Å². The Kier molecular flexibility index (Phi) is 2.38. The van der Waals surface area contributed by atoms with Crippen molar-refractivity contribution in [3.8, 4) is 0 Å². The zero-order chi connectivity index (χ0) is 12.0. The molecule has 2 aromatic rings. The molecule has 0 radical (unpaired) electrons. The number of fused-ring (bicyclic) bond motifs is 1. The first-order chi connectivity index (χ1) is 8.07. The van der Waals surface area contributed by atoms with Gasteiger partial charge in [-0.25, -0.2) is 0 Å². The second-order valence-corrected chi connectivity index (χ2v) is 11.2. The summed E-state index contributed by atoms with van der Waals surface area (Å²) < 4.78 is 5.94. The molecule has 0 N–H and O–H groups in total. The Hall–Kier alpha value is -1.12. The topological polar surface area (TPSA) is 12.5 Å². The van der Waals surface area contributed by atoms with E-state index in [1.807, 2.05) is 0 Å². The molecular formula is C15H18OSi. The number of ether oxygens (including phenoxy) is 1. The minimum atomic E-state index is -1.18. The number of epoxide rings is 1. The van der Waals surface area contributed by atoms with Crippen molar-refractivity contribution < 1.29 is 4.74 Å². The van der Waals surface area contributed by atoms with Gasteiger partial charge in [0, 0.05) is 0 Å². The molecule has 17 heavy (non-hydrogen) atoms. The van der Waals surface area contributed by atoms with Crippen LogP contribution in [-0.4, -0.2) is 13.8 Å². The standard InChI is InChI=1S/C15H18OSi/c1-17(2,3)15-14(16-15)13-10-6-8-11-7-4-5-9-12(11)13/h4-10,14-15H,1-3H3/t14-,15+/m0/s1. The van der Waals surface area contributed by atoms with E-state index in [9.17, 15) is 0 Å². The summed E-state index contributed by atoms with van der Waals surface area (Å²) in [4.78, 5) is 0. The lowest BCUT2D eigenvalue weighted by molar-refractivity contribution is 0.401. The van der Waals surface area contributed by atoms with Crippen LogP contribution >= 0.6 is 0 Å². The molecule has 0 aliphatic carbocycles. The van der Waals surface area contributed by atoms with Gasteiger partial charge >= 0.3 is 0 Å². The molecular weight excluding hydrogens is 224 g/mol. The van der Waals surface area contributed by atoms with E-state index in [0.717, 1.165) is 0 Å². The van der Waals surface area contributed by atoms with Crippen LogP contribution in [0, 0.1) is 0 Å². The maximum absolute atomic E-state index is 5.94. The molecule has 0 spiro atoms. The molecule has 3 rings (SSSR count). The van der Waals surface area contributed by atoms with Crippen molar-refractivity contribution in [1.82, 2.24) is 0 Å². The molecule has 1 fully saturated rings. The smallest absolute Gasteiger partial charge is 0.106 e. The predicted octanol–water partition coefficient (Wildman–Crippen LogP) is 4.16. The zero-order valence-electron chi connectivity index (χ0n) is 10.6. The predicted molar refractivity (Wildman–Crippen MR) is 74.9 cm³/mol. The van der Waals surface area contributed by atoms with Gasteiger partial charge in [0.25, 0.3) is 0 Å². The molecule has 1 saturated heterocycles. The van der Waals surface area contributed by atoms with Crippen molar-refractivity contribution in [2.75, 3.05) is 0 Å². The second-order valence-electron chi connectivity index (χ2n) is 5.91. The summed E-state index contributed by atoms with van der Waals surface area (Å²) in [7, 11) is -1.18. The van der Waals surface area contributed by atoms with E-state index in [4.69, 9.17) is 4.74 Å². The first kappa shape index (κ1) is 11.0. The van der Waals surface area contributed by atoms with Crippen molar-refractivity contribution in [2.24, 2.45) is 0 Å². The number of hydrogen-bond donors (Lipinski definition) is 0. The monoisotopic (exact) mass is 242 g/mol. The van der Waals surface area contributed by atoms with E-state index in [0.29, 0.717) is 11.8 Å². The molecule has 2 heteroatoms. The van der Waals surface area contributed by atoms with E-state index in [-0.39, 0.29) is 0 Å². The van der Waals surface area contributed by atoms with Crippen molar-refractivity contribution in [3.63, 3.8) is 0 Å². The third kappa shape index (κ3) is 1.92. The third-order valence-electron chi connectivity index (χ3n) is 3.48. The van der Waals surface area contributed by atoms with Crippen LogP contribution in [0.1, 0.15) is 11.7 Å². The Morgan fingerprint density at radius 2 is 1.65 bits per heavy atom. The summed E-state index contributed by atoms with van der Waals surface area (Å²) in [6.07, 6.45) is 0.341. The maximum Gasteiger partial charge on any atom is 0.106 e. The molecule has 0 unspecified atom stereocenters. The molecule has 2 atom stereocenters. The molecule has 0 aromatic heterocycles. The van der Waals surface area contributed by atoms with Gasteiger partial charge in [-0.3, -0.25) is 0 Å². The van der Waals surface area contributed by atoms with E-state index in [1.54, 1.807) is 0 Å². The van der Waals surface area contributed by atoms with Crippen LogP contribution in [0.3, 0.4) is 0 Å². The van der Waals surface area contributed by atoms with Crippen LogP contribution in [0.5, 0.6) is 0 Å². The fraction of sp³-hybridized carbons (Fsp3) is 0.333. The van der Waals surface area contributed by atoms with Gasteiger partial charge in [-0.1, -0.05) is 62.1 Å². The molecule has 0 amide bonds. The fourth-order valence-corrected chi connectivity index (χ4v) is 4.15. The first-order valence-electron chi connectivity index (χ1n) is 6.20. The Morgan fingerprint density at radius 3 is 2.35 bits per heavy atom. The summed E-state index contributed by atoms with van der Waals surface area (Å²) in [5, 5.41) is 2.66. The van der Waals surface area contributed by atoms with Crippen LogP contribution in [0.15, 0.2) is 42.5 Å². The normalized spacial score (nSPS) is 23.9. The molecule has 1 nitrogen and oxygen atoms in total. The number of hydrogen-bond acceptors (Lipinski definition) is 1. The molecule has 1 aliphatic heterocycles. The minimum absolute atomic E-state index is 0.341. The summed E-state index contributed by atoms with van der Waals surface area (Å²) in [6.45, 7) is 7.13. The number of rotatable bonds is 2. The summed E-state index contributed by atoms with van der Waals surface area (Å²) >= 11 is 0. The summed E-state index contributed by atoms with van der Waals surface area (Å²) in [5.41, 5.74) is 1.86. The van der Waals surface area contributed by atoms with Gasteiger partial charge in [0.2, 0.25) is 0 Å². The maximum atomic E-state index is 5.94. The summed E-state index contributed by atoms with van der Waals surface area (Å²) in [5.74, 6) is 0. The molecule has 0 saturated carbocycles. The molecule has 2 aromatic carbocycles. The highest BCUT2D eigenvalue weighted by Crippen LogP contribution is 2.46. The highest BCUT2D eigenvalue weighted by molar-refractivity contribution is 6.78. The lowest BCUT2D eigenvalue weighted by Crippen LogP contribution is -2.29. The average Bonchev–Trinajstić information content (AvgIpc) is 3.07. The minimum Gasteiger partial charge on any atom is -0.368 e. The Balaban J connectivity index is 2.03. The number of benzene rings is 2. The van der Waals surface area contributed by atoms with Gasteiger partial charge < -0.3 is 4.74 Å². The highest BCUT2D eigenvalue weighted by Gasteiger charge is 2.49. The third-order valence-corrected chi connectivity index (χ3v) is 5.62. The molecule has 0 bridgehead atoms. The van der Waals surface area contributed by atoms with Crippen molar-refractivity contribution in [1.29, 1.82) is 0 Å². The van der Waals surface area contributed by atoms with Crippen LogP contribution in [0.25, 0.3) is 10.8 Å². The van der Waals surface area contributed by atoms with E-state index >= 15 is 0 Å². The van der Waals surface area contributed by atoms with Crippen molar-refractivity contribution >= 4 is 18.8 Å². The first-order valence-corrected chi connectivity index (χ1v) is 9.78. The van der Waals surface area contributed by atoms with Crippen LogP contribution in [0.2, 0.25) is 19.6 Å². The lowest BCUT2D eigenvalue weighted by Gasteiger charge is -2.12. The van der Waals surface area contributed by atoms with Gasteiger partial charge in [0.15, 0.2) is 0 Å². The fourth-order valence-electron chi connectivity index (χ4n) is 2.51. The highest BCUT2D eigenvalue weighted by atomic mass is 28.3. The Bertz CT molecular complexity index is 551. The summed E-state index contributed by atoms with van der Waals surface area (Å²) in [6, 6.07) is 15.1. The van der Waals surface area contributed by atoms with Gasteiger partial charge in [0.05, 0.1) is 13.8 Å². The van der Waals surface area contributed by atoms with E-state index in [2.05, 4.69) is 62.1 Å². The van der Waals surface area contributed by atoms with Crippen LogP contribution < -0.4 is 0 Å². The molecule has 88 valence electrons. The van der Waals surface area contributed by atoms with Gasteiger partial charge in [0.1, 0.15) is 6.10 Å². The second kappa shape index (κ2) is 3.69. The zero-order valence-corrected chi connectivity index (χ0v) is 11.6. The molecule has 1 aliphatic rings. The lowest BCUT2D eigenvalue weighted by atomic mass is 10.0. The Labute approximate surface area is 103 Å².